The minimum absolute atomic E-state index is 0.464. The smallest absolute Gasteiger partial charge is 0.0972 e. The molecule has 9 heterocycles. The van der Waals surface area contributed by atoms with Crippen LogP contribution in [0.4, 0.5) is 0 Å². The Morgan fingerprint density at radius 2 is 0.548 bits per heavy atom. The molecular weight excluding hydrogens is 1540 g/mol. The van der Waals surface area contributed by atoms with Gasteiger partial charge in [0, 0.05) is 86.5 Å². The summed E-state index contributed by atoms with van der Waals surface area (Å²) in [5.41, 5.74) is 34.5. The predicted octanol–water partition coefficient (Wildman–Crippen LogP) is 29.0. The maximum atomic E-state index is 5.52. The molecule has 2 aliphatic heterocycles. The highest BCUT2D eigenvalue weighted by molar-refractivity contribution is 8.00. The molecule has 0 fully saturated rings. The van der Waals surface area contributed by atoms with Crippen LogP contribution in [0, 0.1) is 0 Å². The predicted molar refractivity (Wildman–Crippen MR) is 509 cm³/mol. The van der Waals surface area contributed by atoms with Gasteiger partial charge in [-0.1, -0.05) is 357 Å². The highest BCUT2D eigenvalue weighted by atomic mass is 32.2. The molecular formula is C115H69N7S2. The van der Waals surface area contributed by atoms with Gasteiger partial charge in [-0.3, -0.25) is 9.97 Å². The molecule has 0 atom stereocenters. The minimum atomic E-state index is -0.465. The van der Waals surface area contributed by atoms with Crippen molar-refractivity contribution in [3.8, 4) is 112 Å². The minimum Gasteiger partial charge on any atom is -0.255 e. The van der Waals surface area contributed by atoms with Crippen LogP contribution >= 0.6 is 23.5 Å². The Hall–Kier alpha value is -15.4. The Balaban J connectivity index is 0.000000136. The third kappa shape index (κ3) is 11.1. The molecule has 0 bridgehead atoms. The van der Waals surface area contributed by atoms with Gasteiger partial charge in [-0.2, -0.15) is 0 Å². The van der Waals surface area contributed by atoms with Crippen molar-refractivity contribution in [1.82, 2.24) is 34.9 Å². The zero-order valence-electron chi connectivity index (χ0n) is 66.8. The number of aromatic nitrogens is 7. The van der Waals surface area contributed by atoms with Crippen LogP contribution in [-0.4, -0.2) is 34.9 Å². The van der Waals surface area contributed by atoms with Gasteiger partial charge in [0.2, 0.25) is 0 Å². The molecule has 7 nitrogen and oxygen atoms in total. The molecule has 0 N–H and O–H groups in total. The molecule has 4 aliphatic rings. The molecule has 0 radical (unpaired) electrons. The lowest BCUT2D eigenvalue weighted by molar-refractivity contribution is 0.726. The summed E-state index contributed by atoms with van der Waals surface area (Å²) in [6.07, 6.45) is 3.61. The summed E-state index contributed by atoms with van der Waals surface area (Å²) in [5.74, 6) is 0. The summed E-state index contributed by atoms with van der Waals surface area (Å²) in [4.78, 5) is 40.7. The summed E-state index contributed by atoms with van der Waals surface area (Å²) < 4.78 is 0. The van der Waals surface area contributed by atoms with Crippen molar-refractivity contribution in [3.05, 3.63) is 463 Å². The molecule has 9 heteroatoms. The average molecular weight is 1610 g/mol. The maximum absolute atomic E-state index is 5.52. The molecule has 124 heavy (non-hydrogen) atoms. The molecule has 0 saturated heterocycles. The zero-order valence-corrected chi connectivity index (χ0v) is 68.4. The molecule has 2 aliphatic carbocycles. The molecule has 0 amide bonds. The SMILES string of the molecule is c1ccc(-c2cc(-c3ccc(-c4ccc(-c5nc6ccccc6c6ccc7c(c56)Sc5ccccc5C75c6ccccc6-c6ccccc65)cc4)cc3)cc(-c3ccccn3)n2)nc1.c1ccc(-c2ccc3ccc4ccc(-c5ccc(-c6nc7ccccc7c7ccc8c(c67)Sc6ccccc6C86c7ccccc7-c7ccccc76)cc5)nc4c3n2)cc1. The lowest BCUT2D eigenvalue weighted by Gasteiger charge is -2.40. The number of para-hydroxylation sites is 2. The van der Waals surface area contributed by atoms with Gasteiger partial charge in [0.05, 0.1) is 78.4 Å². The zero-order chi connectivity index (χ0) is 81.6. The molecule has 0 saturated carbocycles. The van der Waals surface area contributed by atoms with E-state index in [1.165, 1.54) is 108 Å². The molecule has 2 spiro atoms. The second-order valence-electron chi connectivity index (χ2n) is 32.3. The van der Waals surface area contributed by atoms with Crippen molar-refractivity contribution < 1.29 is 0 Å². The van der Waals surface area contributed by atoms with Crippen molar-refractivity contribution in [3.63, 3.8) is 0 Å². The van der Waals surface area contributed by atoms with Crippen molar-refractivity contribution in [2.45, 2.75) is 30.4 Å². The topological polar surface area (TPSA) is 90.2 Å². The van der Waals surface area contributed by atoms with Crippen LogP contribution in [0.5, 0.6) is 0 Å². The van der Waals surface area contributed by atoms with Crippen LogP contribution < -0.4 is 0 Å². The van der Waals surface area contributed by atoms with E-state index >= 15 is 0 Å². The van der Waals surface area contributed by atoms with Gasteiger partial charge in [-0.15, -0.1) is 0 Å². The second kappa shape index (κ2) is 28.7. The molecule has 26 rings (SSSR count). The standard InChI is InChI=1S/C59H36N4S.C56H33N3S/c1-4-16-46-42(13-1)43-14-2-5-17-47(43)59(46)48-18-6-8-22-55(48)64-58-49(59)32-31-45-44-15-3-7-19-50(44)63-57(56(45)58)40-29-27-38(28-30-40)37-23-25-39(26-24-37)41-35-53(51-20-9-11-33-60-51)62-54(36-41)52-21-10-12-34-61-52;1-2-12-34(13-3-1)47-32-28-37-26-27-38-29-33-48(58-54(38)53(37)57-47)35-22-24-36(25-23-35)52-51-42(41-16-6-10-20-49(41)59-52)30-31-46-55(51)60-50-21-11-9-19-45(50)56(46)43-17-7-4-14-39(43)40-15-5-8-18-44(40)56/h1-36H;1-33H. The van der Waals surface area contributed by atoms with Crippen molar-refractivity contribution >= 4 is 88.7 Å². The molecule has 576 valence electrons. The van der Waals surface area contributed by atoms with Crippen LogP contribution in [-0.2, 0) is 10.8 Å². The third-order valence-corrected chi connectivity index (χ3v) is 28.2. The van der Waals surface area contributed by atoms with Crippen molar-refractivity contribution in [1.29, 1.82) is 0 Å². The summed E-state index contributed by atoms with van der Waals surface area (Å²) in [6.45, 7) is 0. The van der Waals surface area contributed by atoms with Gasteiger partial charge in [0.15, 0.2) is 0 Å². The van der Waals surface area contributed by atoms with Crippen molar-refractivity contribution in [2.75, 3.05) is 0 Å². The first-order valence-electron chi connectivity index (χ1n) is 42.0. The van der Waals surface area contributed by atoms with E-state index in [9.17, 15) is 0 Å². The molecule has 0 unspecified atom stereocenters. The highest BCUT2D eigenvalue weighted by Gasteiger charge is 2.52. The number of hydrogen-bond donors (Lipinski definition) is 0. The first-order chi connectivity index (χ1) is 61.5. The number of fused-ring (bicyclic) bond motifs is 29. The van der Waals surface area contributed by atoms with Gasteiger partial charge in [-0.05, 0) is 173 Å². The first kappa shape index (κ1) is 71.5. The van der Waals surface area contributed by atoms with Gasteiger partial charge in [0.25, 0.3) is 0 Å². The van der Waals surface area contributed by atoms with Crippen LogP contribution in [0.2, 0.25) is 0 Å². The van der Waals surface area contributed by atoms with Gasteiger partial charge in [0.1, 0.15) is 0 Å². The monoisotopic (exact) mass is 1610 g/mol. The Morgan fingerprint density at radius 1 is 0.202 bits per heavy atom. The van der Waals surface area contributed by atoms with E-state index in [0.29, 0.717) is 0 Å². The first-order valence-corrected chi connectivity index (χ1v) is 43.7. The normalized spacial score (nSPS) is 13.2. The van der Waals surface area contributed by atoms with E-state index in [1.807, 2.05) is 66.0 Å². The Labute approximate surface area is 724 Å². The fourth-order valence-electron chi connectivity index (χ4n) is 20.3. The number of pyridine rings is 7. The fourth-order valence-corrected chi connectivity index (χ4v) is 23.0. The van der Waals surface area contributed by atoms with Gasteiger partial charge in [-0.25, -0.2) is 24.9 Å². The summed E-state index contributed by atoms with van der Waals surface area (Å²) in [5, 5.41) is 9.28. The largest absolute Gasteiger partial charge is 0.255 e. The Kier molecular flexibility index (Phi) is 16.5. The Morgan fingerprint density at radius 3 is 0.976 bits per heavy atom. The van der Waals surface area contributed by atoms with E-state index in [2.05, 4.69) is 374 Å². The Bertz CT molecular complexity index is 8010. The van der Waals surface area contributed by atoms with E-state index in [-0.39, 0.29) is 0 Å². The number of hydrogen-bond acceptors (Lipinski definition) is 9. The second-order valence-corrected chi connectivity index (χ2v) is 34.4. The summed E-state index contributed by atoms with van der Waals surface area (Å²) in [7, 11) is 0. The van der Waals surface area contributed by atoms with E-state index in [1.54, 1.807) is 12.4 Å². The summed E-state index contributed by atoms with van der Waals surface area (Å²) in [6, 6.07) is 147. The average Bonchev–Trinajstić information content (AvgIpc) is 1.34. The van der Waals surface area contributed by atoms with E-state index < -0.39 is 10.8 Å². The number of nitrogens with zero attached hydrogens (tertiary/aromatic N) is 7. The number of benzene rings is 15. The molecule has 7 aromatic heterocycles. The van der Waals surface area contributed by atoms with E-state index in [4.69, 9.17) is 24.9 Å². The lowest BCUT2D eigenvalue weighted by atomic mass is 9.67. The van der Waals surface area contributed by atoms with Crippen LogP contribution in [0.15, 0.2) is 438 Å². The van der Waals surface area contributed by atoms with Crippen molar-refractivity contribution in [2.24, 2.45) is 0 Å². The maximum Gasteiger partial charge on any atom is 0.0972 e. The van der Waals surface area contributed by atoms with Gasteiger partial charge >= 0.3 is 0 Å². The third-order valence-electron chi connectivity index (χ3n) is 25.8. The lowest BCUT2D eigenvalue weighted by Crippen LogP contribution is -2.32. The fraction of sp³-hybridized carbons (Fsp3) is 0.0174. The highest BCUT2D eigenvalue weighted by Crippen LogP contribution is 2.66. The van der Waals surface area contributed by atoms with E-state index in [0.717, 1.165) is 134 Å². The molecule has 15 aromatic carbocycles. The van der Waals surface area contributed by atoms with Crippen LogP contribution in [0.3, 0.4) is 0 Å². The quantitative estimate of drug-likeness (QED) is 0.138. The van der Waals surface area contributed by atoms with Gasteiger partial charge < -0.3 is 0 Å². The van der Waals surface area contributed by atoms with Crippen LogP contribution in [0.1, 0.15) is 44.5 Å². The molecule has 22 aromatic rings. The number of rotatable bonds is 8. The summed E-state index contributed by atoms with van der Waals surface area (Å²) >= 11 is 3.77. The van der Waals surface area contributed by atoms with Crippen LogP contribution in [0.25, 0.3) is 177 Å².